The Morgan fingerprint density at radius 1 is 0.955 bits per heavy atom. The van der Waals surface area contributed by atoms with Crippen molar-refractivity contribution >= 4 is 0 Å². The smallest absolute Gasteiger partial charge is 0.122 e. The highest BCUT2D eigenvalue weighted by Gasteiger charge is 2.08. The van der Waals surface area contributed by atoms with Crippen molar-refractivity contribution in [3.63, 3.8) is 0 Å². The van der Waals surface area contributed by atoms with E-state index < -0.39 is 0 Å². The first-order chi connectivity index (χ1) is 10.7. The SMILES string of the molecule is COc1cc(OC)cc(C(C)NCCCc2ccccc2)c1. The van der Waals surface area contributed by atoms with Crippen LogP contribution in [0.5, 0.6) is 11.5 Å². The first kappa shape index (κ1) is 16.4. The first-order valence-corrected chi connectivity index (χ1v) is 7.73. The molecule has 0 spiro atoms. The summed E-state index contributed by atoms with van der Waals surface area (Å²) < 4.78 is 10.6. The summed E-state index contributed by atoms with van der Waals surface area (Å²) in [6.07, 6.45) is 2.22. The summed E-state index contributed by atoms with van der Waals surface area (Å²) in [5, 5.41) is 3.56. The topological polar surface area (TPSA) is 30.5 Å². The number of benzene rings is 2. The third-order valence-corrected chi connectivity index (χ3v) is 3.81. The van der Waals surface area contributed by atoms with Crippen LogP contribution in [0.25, 0.3) is 0 Å². The lowest BCUT2D eigenvalue weighted by molar-refractivity contribution is 0.392. The van der Waals surface area contributed by atoms with Crippen molar-refractivity contribution in [3.8, 4) is 11.5 Å². The molecule has 0 fully saturated rings. The number of hydrogen-bond donors (Lipinski definition) is 1. The summed E-state index contributed by atoms with van der Waals surface area (Å²) in [6.45, 7) is 3.15. The summed E-state index contributed by atoms with van der Waals surface area (Å²) in [7, 11) is 3.35. The minimum atomic E-state index is 0.264. The maximum atomic E-state index is 5.32. The van der Waals surface area contributed by atoms with Crippen LogP contribution in [0.2, 0.25) is 0 Å². The highest BCUT2D eigenvalue weighted by Crippen LogP contribution is 2.26. The van der Waals surface area contributed by atoms with E-state index in [1.54, 1.807) is 14.2 Å². The fourth-order valence-corrected chi connectivity index (χ4v) is 2.45. The zero-order chi connectivity index (χ0) is 15.8. The van der Waals surface area contributed by atoms with Crippen LogP contribution in [0.1, 0.15) is 30.5 Å². The molecule has 3 nitrogen and oxygen atoms in total. The number of nitrogens with one attached hydrogen (secondary N) is 1. The Bertz CT molecular complexity index is 547. The van der Waals surface area contributed by atoms with E-state index in [4.69, 9.17) is 9.47 Å². The van der Waals surface area contributed by atoms with E-state index in [0.29, 0.717) is 0 Å². The molecule has 0 radical (unpaired) electrons. The van der Waals surface area contributed by atoms with E-state index >= 15 is 0 Å². The summed E-state index contributed by atoms with van der Waals surface area (Å²) in [5.74, 6) is 1.65. The number of aryl methyl sites for hydroxylation is 1. The molecule has 0 aliphatic rings. The fraction of sp³-hybridized carbons (Fsp3) is 0.368. The first-order valence-electron chi connectivity index (χ1n) is 7.73. The lowest BCUT2D eigenvalue weighted by Crippen LogP contribution is -2.20. The second-order valence-electron chi connectivity index (χ2n) is 5.41. The van der Waals surface area contributed by atoms with Gasteiger partial charge in [-0.25, -0.2) is 0 Å². The Morgan fingerprint density at radius 3 is 2.18 bits per heavy atom. The Labute approximate surface area is 133 Å². The van der Waals surface area contributed by atoms with Gasteiger partial charge < -0.3 is 14.8 Å². The van der Waals surface area contributed by atoms with Crippen LogP contribution in [0, 0.1) is 0 Å². The second kappa shape index (κ2) is 8.44. The van der Waals surface area contributed by atoms with E-state index in [0.717, 1.165) is 30.9 Å². The van der Waals surface area contributed by atoms with Crippen molar-refractivity contribution in [2.45, 2.75) is 25.8 Å². The molecule has 2 rings (SSSR count). The number of methoxy groups -OCH3 is 2. The van der Waals surface area contributed by atoms with E-state index in [-0.39, 0.29) is 6.04 Å². The summed E-state index contributed by atoms with van der Waals surface area (Å²) in [6, 6.07) is 16.9. The highest BCUT2D eigenvalue weighted by atomic mass is 16.5. The van der Waals surface area contributed by atoms with Crippen molar-refractivity contribution in [2.75, 3.05) is 20.8 Å². The van der Waals surface area contributed by atoms with Gasteiger partial charge >= 0.3 is 0 Å². The van der Waals surface area contributed by atoms with Crippen LogP contribution in [0.3, 0.4) is 0 Å². The van der Waals surface area contributed by atoms with Crippen LogP contribution < -0.4 is 14.8 Å². The van der Waals surface area contributed by atoms with E-state index in [1.165, 1.54) is 11.1 Å². The van der Waals surface area contributed by atoms with Gasteiger partial charge in [0.1, 0.15) is 11.5 Å². The molecule has 0 saturated heterocycles. The zero-order valence-corrected chi connectivity index (χ0v) is 13.6. The van der Waals surface area contributed by atoms with Gasteiger partial charge in [0.15, 0.2) is 0 Å². The Balaban J connectivity index is 1.85. The van der Waals surface area contributed by atoms with Gasteiger partial charge in [-0.2, -0.15) is 0 Å². The lowest BCUT2D eigenvalue weighted by Gasteiger charge is -2.16. The van der Waals surface area contributed by atoms with Crippen molar-refractivity contribution < 1.29 is 9.47 Å². The molecule has 0 bridgehead atoms. The average Bonchev–Trinajstić information content (AvgIpc) is 2.58. The van der Waals surface area contributed by atoms with E-state index in [2.05, 4.69) is 54.7 Å². The van der Waals surface area contributed by atoms with Gasteiger partial charge in [0.05, 0.1) is 14.2 Å². The summed E-state index contributed by atoms with van der Waals surface area (Å²) in [5.41, 5.74) is 2.57. The van der Waals surface area contributed by atoms with Crippen molar-refractivity contribution in [1.29, 1.82) is 0 Å². The molecule has 0 saturated carbocycles. The van der Waals surface area contributed by atoms with Gasteiger partial charge in [0, 0.05) is 12.1 Å². The predicted octanol–water partition coefficient (Wildman–Crippen LogP) is 3.99. The van der Waals surface area contributed by atoms with Gasteiger partial charge in [-0.1, -0.05) is 30.3 Å². The molecule has 118 valence electrons. The molecule has 22 heavy (non-hydrogen) atoms. The Morgan fingerprint density at radius 2 is 1.59 bits per heavy atom. The molecule has 1 unspecified atom stereocenters. The monoisotopic (exact) mass is 299 g/mol. The van der Waals surface area contributed by atoms with Gasteiger partial charge in [-0.15, -0.1) is 0 Å². The number of rotatable bonds is 8. The van der Waals surface area contributed by atoms with E-state index in [9.17, 15) is 0 Å². The Kier molecular flexibility index (Phi) is 6.28. The molecule has 3 heteroatoms. The van der Waals surface area contributed by atoms with Crippen LogP contribution in [0.4, 0.5) is 0 Å². The lowest BCUT2D eigenvalue weighted by atomic mass is 10.1. The second-order valence-corrected chi connectivity index (χ2v) is 5.41. The zero-order valence-electron chi connectivity index (χ0n) is 13.6. The number of hydrogen-bond acceptors (Lipinski definition) is 3. The maximum Gasteiger partial charge on any atom is 0.122 e. The molecule has 1 atom stereocenters. The van der Waals surface area contributed by atoms with Gasteiger partial charge in [0.2, 0.25) is 0 Å². The van der Waals surface area contributed by atoms with E-state index in [1.807, 2.05) is 6.07 Å². The molecular formula is C19H25NO2. The summed E-state index contributed by atoms with van der Waals surface area (Å²) in [4.78, 5) is 0. The van der Waals surface area contributed by atoms with Crippen LogP contribution >= 0.6 is 0 Å². The minimum Gasteiger partial charge on any atom is -0.497 e. The average molecular weight is 299 g/mol. The van der Waals surface area contributed by atoms with Crippen LogP contribution in [-0.4, -0.2) is 20.8 Å². The third kappa shape index (κ3) is 4.78. The largest absolute Gasteiger partial charge is 0.497 e. The molecule has 0 aromatic heterocycles. The highest BCUT2D eigenvalue weighted by molar-refractivity contribution is 5.39. The molecule has 2 aromatic carbocycles. The molecule has 0 aliphatic carbocycles. The molecule has 0 heterocycles. The standard InChI is InChI=1S/C19H25NO2/c1-15(17-12-18(21-2)14-19(13-17)22-3)20-11-7-10-16-8-5-4-6-9-16/h4-6,8-9,12-15,20H,7,10-11H2,1-3H3. The Hall–Kier alpha value is -2.00. The normalized spacial score (nSPS) is 12.0. The van der Waals surface area contributed by atoms with Gasteiger partial charge in [-0.05, 0) is 49.6 Å². The van der Waals surface area contributed by atoms with Gasteiger partial charge in [0.25, 0.3) is 0 Å². The predicted molar refractivity (Wildman–Crippen MR) is 90.7 cm³/mol. The van der Waals surface area contributed by atoms with Gasteiger partial charge in [-0.3, -0.25) is 0 Å². The molecule has 0 amide bonds. The minimum absolute atomic E-state index is 0.264. The molecular weight excluding hydrogens is 274 g/mol. The fourth-order valence-electron chi connectivity index (χ4n) is 2.45. The van der Waals surface area contributed by atoms with Crippen molar-refractivity contribution in [2.24, 2.45) is 0 Å². The summed E-state index contributed by atoms with van der Waals surface area (Å²) >= 11 is 0. The van der Waals surface area contributed by atoms with Crippen LogP contribution in [0.15, 0.2) is 48.5 Å². The molecule has 2 aromatic rings. The molecule has 1 N–H and O–H groups in total. The maximum absolute atomic E-state index is 5.32. The third-order valence-electron chi connectivity index (χ3n) is 3.81. The van der Waals surface area contributed by atoms with Crippen molar-refractivity contribution in [1.82, 2.24) is 5.32 Å². The quantitative estimate of drug-likeness (QED) is 0.748. The van der Waals surface area contributed by atoms with Crippen molar-refractivity contribution in [3.05, 3.63) is 59.7 Å². The van der Waals surface area contributed by atoms with Crippen LogP contribution in [-0.2, 0) is 6.42 Å². The molecule has 0 aliphatic heterocycles. The number of ether oxygens (including phenoxy) is 2.